The van der Waals surface area contributed by atoms with Gasteiger partial charge in [-0.3, -0.25) is 4.79 Å². The molecular formula is C20H18ClN3O2. The fraction of sp³-hybridized carbons (Fsp3) is 0.200. The number of aliphatic imine (C=N–C) groups is 1. The molecule has 1 saturated heterocycles. The molecular weight excluding hydrogens is 350 g/mol. The van der Waals surface area contributed by atoms with E-state index in [1.165, 1.54) is 0 Å². The number of nitrogens with zero attached hydrogens (tertiary/aromatic N) is 3. The Morgan fingerprint density at radius 3 is 2.38 bits per heavy atom. The SMILES string of the molecule is O=C1/C(=C/c2ccccc2)N=C(N2CCOCC2)N1c1ccc(Cl)cc1. The number of morpholine rings is 1. The van der Waals surface area contributed by atoms with Crippen LogP contribution >= 0.6 is 11.6 Å². The lowest BCUT2D eigenvalue weighted by Crippen LogP contribution is -2.48. The van der Waals surface area contributed by atoms with E-state index in [0.29, 0.717) is 43.0 Å². The molecule has 0 unspecified atom stereocenters. The van der Waals surface area contributed by atoms with Crippen LogP contribution in [0.25, 0.3) is 6.08 Å². The number of rotatable bonds is 2. The molecule has 0 radical (unpaired) electrons. The van der Waals surface area contributed by atoms with Gasteiger partial charge in [-0.2, -0.15) is 0 Å². The van der Waals surface area contributed by atoms with Crippen LogP contribution in [0.2, 0.25) is 5.02 Å². The zero-order valence-corrected chi connectivity index (χ0v) is 14.9. The molecule has 0 aliphatic carbocycles. The van der Waals surface area contributed by atoms with E-state index in [4.69, 9.17) is 16.3 Å². The first-order chi connectivity index (χ1) is 12.7. The average molecular weight is 368 g/mol. The lowest BCUT2D eigenvalue weighted by Gasteiger charge is -2.32. The molecule has 0 spiro atoms. The van der Waals surface area contributed by atoms with Crippen LogP contribution in [0.5, 0.6) is 0 Å². The number of anilines is 1. The molecule has 6 heteroatoms. The summed E-state index contributed by atoms with van der Waals surface area (Å²) in [7, 11) is 0. The van der Waals surface area contributed by atoms with Crippen LogP contribution in [-0.2, 0) is 9.53 Å². The number of ether oxygens (including phenoxy) is 1. The van der Waals surface area contributed by atoms with Gasteiger partial charge in [0.05, 0.1) is 18.9 Å². The van der Waals surface area contributed by atoms with Crippen molar-refractivity contribution >= 4 is 35.2 Å². The van der Waals surface area contributed by atoms with Crippen molar-refractivity contribution in [3.63, 3.8) is 0 Å². The van der Waals surface area contributed by atoms with Crippen molar-refractivity contribution in [3.8, 4) is 0 Å². The highest BCUT2D eigenvalue weighted by atomic mass is 35.5. The molecule has 0 N–H and O–H groups in total. The van der Waals surface area contributed by atoms with E-state index in [1.807, 2.05) is 48.5 Å². The van der Waals surface area contributed by atoms with Crippen LogP contribution in [0.15, 0.2) is 65.3 Å². The Labute approximate surface area is 157 Å². The van der Waals surface area contributed by atoms with E-state index in [2.05, 4.69) is 9.89 Å². The second kappa shape index (κ2) is 7.32. The van der Waals surface area contributed by atoms with Gasteiger partial charge in [0, 0.05) is 18.1 Å². The van der Waals surface area contributed by atoms with E-state index < -0.39 is 0 Å². The van der Waals surface area contributed by atoms with E-state index >= 15 is 0 Å². The first kappa shape index (κ1) is 16.8. The highest BCUT2D eigenvalue weighted by Gasteiger charge is 2.35. The largest absolute Gasteiger partial charge is 0.378 e. The summed E-state index contributed by atoms with van der Waals surface area (Å²) in [6, 6.07) is 17.0. The third-order valence-corrected chi connectivity index (χ3v) is 4.58. The fourth-order valence-corrected chi connectivity index (χ4v) is 3.14. The predicted molar refractivity (Wildman–Crippen MR) is 103 cm³/mol. The topological polar surface area (TPSA) is 45.1 Å². The van der Waals surface area contributed by atoms with E-state index in [0.717, 1.165) is 11.3 Å². The minimum atomic E-state index is -0.141. The molecule has 2 aliphatic heterocycles. The molecule has 132 valence electrons. The smallest absolute Gasteiger partial charge is 0.283 e. The second-order valence-corrected chi connectivity index (χ2v) is 6.50. The summed E-state index contributed by atoms with van der Waals surface area (Å²) in [5.74, 6) is 0.500. The summed E-state index contributed by atoms with van der Waals surface area (Å²) in [6.07, 6.45) is 1.82. The Morgan fingerprint density at radius 1 is 1.00 bits per heavy atom. The lowest BCUT2D eigenvalue weighted by atomic mass is 10.2. The van der Waals surface area contributed by atoms with Gasteiger partial charge in [0.15, 0.2) is 0 Å². The Balaban J connectivity index is 1.73. The van der Waals surface area contributed by atoms with Crippen LogP contribution in [0.4, 0.5) is 5.69 Å². The number of hydrogen-bond donors (Lipinski definition) is 0. The number of carbonyl (C=O) groups excluding carboxylic acids is 1. The number of guanidine groups is 1. The maximum Gasteiger partial charge on any atom is 0.283 e. The number of benzene rings is 2. The molecule has 0 aromatic heterocycles. The summed E-state index contributed by atoms with van der Waals surface area (Å²) in [6.45, 7) is 2.66. The Hall–Kier alpha value is -2.63. The molecule has 2 aromatic rings. The third-order valence-electron chi connectivity index (χ3n) is 4.32. The van der Waals surface area contributed by atoms with Crippen LogP contribution in [-0.4, -0.2) is 43.1 Å². The van der Waals surface area contributed by atoms with Gasteiger partial charge in [-0.25, -0.2) is 9.89 Å². The third kappa shape index (κ3) is 3.36. The summed E-state index contributed by atoms with van der Waals surface area (Å²) in [5.41, 5.74) is 2.12. The zero-order valence-electron chi connectivity index (χ0n) is 14.1. The van der Waals surface area contributed by atoms with Crippen molar-refractivity contribution in [2.75, 3.05) is 31.2 Å². The van der Waals surface area contributed by atoms with Crippen molar-refractivity contribution in [1.82, 2.24) is 4.90 Å². The molecule has 2 heterocycles. The summed E-state index contributed by atoms with van der Waals surface area (Å²) < 4.78 is 5.43. The molecule has 2 aromatic carbocycles. The molecule has 5 nitrogen and oxygen atoms in total. The number of halogens is 1. The maximum atomic E-state index is 13.1. The molecule has 1 fully saturated rings. The van der Waals surface area contributed by atoms with Crippen molar-refractivity contribution in [2.24, 2.45) is 4.99 Å². The summed E-state index contributed by atoms with van der Waals surface area (Å²) in [4.78, 5) is 21.5. The molecule has 26 heavy (non-hydrogen) atoms. The minimum absolute atomic E-state index is 0.141. The monoisotopic (exact) mass is 367 g/mol. The summed E-state index contributed by atoms with van der Waals surface area (Å²) >= 11 is 6.00. The Kier molecular flexibility index (Phi) is 4.73. The van der Waals surface area contributed by atoms with Gasteiger partial charge in [-0.15, -0.1) is 0 Å². The predicted octanol–water partition coefficient (Wildman–Crippen LogP) is 3.42. The lowest BCUT2D eigenvalue weighted by molar-refractivity contribution is -0.113. The molecule has 2 aliphatic rings. The van der Waals surface area contributed by atoms with E-state index in [9.17, 15) is 4.79 Å². The number of carbonyl (C=O) groups is 1. The second-order valence-electron chi connectivity index (χ2n) is 6.07. The molecule has 1 amide bonds. The standard InChI is InChI=1S/C20H18ClN3O2/c21-16-6-8-17(9-7-16)24-19(25)18(14-15-4-2-1-3-5-15)22-20(24)23-10-12-26-13-11-23/h1-9,14H,10-13H2/b18-14-. The summed E-state index contributed by atoms with van der Waals surface area (Å²) in [5, 5.41) is 0.630. The van der Waals surface area contributed by atoms with Gasteiger partial charge in [0.2, 0.25) is 5.96 Å². The van der Waals surface area contributed by atoms with Crippen LogP contribution < -0.4 is 4.90 Å². The van der Waals surface area contributed by atoms with Crippen molar-refractivity contribution in [2.45, 2.75) is 0 Å². The van der Waals surface area contributed by atoms with Gasteiger partial charge in [-0.05, 0) is 35.9 Å². The quantitative estimate of drug-likeness (QED) is 0.764. The fourth-order valence-electron chi connectivity index (χ4n) is 3.01. The van der Waals surface area contributed by atoms with E-state index in [-0.39, 0.29) is 5.91 Å². The number of amides is 1. The van der Waals surface area contributed by atoms with Gasteiger partial charge in [-0.1, -0.05) is 41.9 Å². The Morgan fingerprint density at radius 2 is 1.69 bits per heavy atom. The average Bonchev–Trinajstić information content (AvgIpc) is 3.00. The van der Waals surface area contributed by atoms with E-state index in [1.54, 1.807) is 17.0 Å². The van der Waals surface area contributed by atoms with Crippen molar-refractivity contribution < 1.29 is 9.53 Å². The molecule has 0 atom stereocenters. The molecule has 0 bridgehead atoms. The van der Waals surface area contributed by atoms with Crippen LogP contribution in [0.1, 0.15) is 5.56 Å². The normalized spacial score (nSPS) is 19.2. The zero-order chi connectivity index (χ0) is 17.9. The van der Waals surface area contributed by atoms with Gasteiger partial charge < -0.3 is 9.64 Å². The van der Waals surface area contributed by atoms with Crippen molar-refractivity contribution in [3.05, 3.63) is 70.9 Å². The molecule has 4 rings (SSSR count). The van der Waals surface area contributed by atoms with Gasteiger partial charge in [0.25, 0.3) is 5.91 Å². The molecule has 0 saturated carbocycles. The van der Waals surface area contributed by atoms with Crippen molar-refractivity contribution in [1.29, 1.82) is 0 Å². The van der Waals surface area contributed by atoms with Gasteiger partial charge in [0.1, 0.15) is 5.70 Å². The van der Waals surface area contributed by atoms with Gasteiger partial charge >= 0.3 is 0 Å². The first-order valence-electron chi connectivity index (χ1n) is 8.50. The maximum absolute atomic E-state index is 13.1. The van der Waals surface area contributed by atoms with Crippen LogP contribution in [0, 0.1) is 0 Å². The minimum Gasteiger partial charge on any atom is -0.378 e. The Bertz CT molecular complexity index is 856. The number of hydrogen-bond acceptors (Lipinski definition) is 4. The highest BCUT2D eigenvalue weighted by Crippen LogP contribution is 2.27. The first-order valence-corrected chi connectivity index (χ1v) is 8.88. The highest BCUT2D eigenvalue weighted by molar-refractivity contribution is 6.31. The van der Waals surface area contributed by atoms with Crippen LogP contribution in [0.3, 0.4) is 0 Å².